The van der Waals surface area contributed by atoms with Crippen molar-refractivity contribution in [2.75, 3.05) is 10.6 Å². The number of halogens is 1. The van der Waals surface area contributed by atoms with Crippen molar-refractivity contribution < 1.29 is 4.39 Å². The Kier molecular flexibility index (Phi) is 5.11. The molecule has 2 aromatic carbocycles. The summed E-state index contributed by atoms with van der Waals surface area (Å²) in [5.74, 6) is 1.63. The van der Waals surface area contributed by atoms with Crippen LogP contribution in [0.4, 0.5) is 15.8 Å². The fourth-order valence-corrected chi connectivity index (χ4v) is 3.48. The summed E-state index contributed by atoms with van der Waals surface area (Å²) in [6, 6.07) is 14.3. The van der Waals surface area contributed by atoms with Gasteiger partial charge in [-0.05, 0) is 61.5 Å². The number of hydrogen-bond donors (Lipinski definition) is 2. The van der Waals surface area contributed by atoms with Gasteiger partial charge < -0.3 is 15.2 Å². The van der Waals surface area contributed by atoms with Crippen molar-refractivity contribution >= 4 is 28.7 Å². The zero-order valence-corrected chi connectivity index (χ0v) is 15.6. The van der Waals surface area contributed by atoms with Crippen LogP contribution < -0.4 is 10.6 Å². The average molecular weight is 381 g/mol. The van der Waals surface area contributed by atoms with Crippen LogP contribution in [0.15, 0.2) is 48.5 Å². The molecule has 7 heteroatoms. The summed E-state index contributed by atoms with van der Waals surface area (Å²) in [5, 5.41) is 15.0. The molecule has 1 aromatic heterocycles. The van der Waals surface area contributed by atoms with Gasteiger partial charge in [-0.1, -0.05) is 18.6 Å². The summed E-state index contributed by atoms with van der Waals surface area (Å²) in [6.07, 6.45) is 4.56. The van der Waals surface area contributed by atoms with Crippen LogP contribution in [0.5, 0.6) is 0 Å². The third-order valence-corrected chi connectivity index (χ3v) is 4.84. The minimum atomic E-state index is -0.343. The molecule has 0 spiro atoms. The molecule has 1 aliphatic rings. The molecule has 0 bridgehead atoms. The van der Waals surface area contributed by atoms with E-state index in [0.29, 0.717) is 10.8 Å². The lowest BCUT2D eigenvalue weighted by atomic mass is 10.2. The number of rotatable bonds is 3. The van der Waals surface area contributed by atoms with E-state index in [9.17, 15) is 4.39 Å². The highest BCUT2D eigenvalue weighted by Crippen LogP contribution is 2.24. The number of fused-ring (bicyclic) bond motifs is 1. The summed E-state index contributed by atoms with van der Waals surface area (Å²) in [7, 11) is 0. The Hall–Kier alpha value is -2.80. The van der Waals surface area contributed by atoms with Crippen molar-refractivity contribution in [2.45, 2.75) is 32.2 Å². The maximum absolute atomic E-state index is 13.7. The topological polar surface area (TPSA) is 54.8 Å². The Morgan fingerprint density at radius 3 is 2.59 bits per heavy atom. The van der Waals surface area contributed by atoms with E-state index in [0.717, 1.165) is 42.3 Å². The van der Waals surface area contributed by atoms with E-state index in [1.54, 1.807) is 18.2 Å². The highest BCUT2D eigenvalue weighted by atomic mass is 32.1. The standard InChI is InChI=1S/C20H20FN5S/c21-16-6-3-4-7-17(16)23-20(27)22-15-11-9-14(10-12-15)19-25-24-18-8-2-1-5-13-26(18)19/h3-4,6-7,9-12H,1-2,5,8,13H2,(H2,22,23,27). The fourth-order valence-electron chi connectivity index (χ4n) is 3.25. The van der Waals surface area contributed by atoms with Crippen molar-refractivity contribution in [2.24, 2.45) is 0 Å². The molecule has 0 saturated carbocycles. The number of aromatic nitrogens is 3. The first-order chi connectivity index (χ1) is 13.2. The summed E-state index contributed by atoms with van der Waals surface area (Å²) >= 11 is 5.27. The molecule has 0 fully saturated rings. The third kappa shape index (κ3) is 3.98. The van der Waals surface area contributed by atoms with Crippen molar-refractivity contribution in [3.05, 3.63) is 60.2 Å². The van der Waals surface area contributed by atoms with Crippen LogP contribution in [-0.2, 0) is 13.0 Å². The monoisotopic (exact) mass is 381 g/mol. The fraction of sp³-hybridized carbons (Fsp3) is 0.250. The van der Waals surface area contributed by atoms with Crippen LogP contribution in [0.3, 0.4) is 0 Å². The first-order valence-electron chi connectivity index (χ1n) is 9.06. The molecule has 3 aromatic rings. The van der Waals surface area contributed by atoms with E-state index in [4.69, 9.17) is 12.2 Å². The molecular formula is C20H20FN5S. The lowest BCUT2D eigenvalue weighted by Gasteiger charge is -2.12. The number of anilines is 2. The first kappa shape index (κ1) is 17.6. The Morgan fingerprint density at radius 1 is 0.963 bits per heavy atom. The Morgan fingerprint density at radius 2 is 1.78 bits per heavy atom. The molecule has 2 N–H and O–H groups in total. The molecule has 138 valence electrons. The van der Waals surface area contributed by atoms with Gasteiger partial charge in [0.1, 0.15) is 11.6 Å². The normalized spacial score (nSPS) is 13.5. The van der Waals surface area contributed by atoms with Gasteiger partial charge in [-0.15, -0.1) is 10.2 Å². The van der Waals surface area contributed by atoms with Gasteiger partial charge in [0.25, 0.3) is 0 Å². The summed E-state index contributed by atoms with van der Waals surface area (Å²) in [5.41, 5.74) is 2.19. The molecule has 0 unspecified atom stereocenters. The van der Waals surface area contributed by atoms with Crippen molar-refractivity contribution in [3.8, 4) is 11.4 Å². The number of benzene rings is 2. The number of nitrogens with one attached hydrogen (secondary N) is 2. The van der Waals surface area contributed by atoms with E-state index in [-0.39, 0.29) is 5.82 Å². The zero-order chi connectivity index (χ0) is 18.6. The molecule has 0 aliphatic carbocycles. The van der Waals surface area contributed by atoms with Crippen LogP contribution in [0, 0.1) is 5.82 Å². The molecule has 0 radical (unpaired) electrons. The number of hydrogen-bond acceptors (Lipinski definition) is 3. The molecule has 1 aliphatic heterocycles. The Labute approximate surface area is 162 Å². The van der Waals surface area contributed by atoms with Gasteiger partial charge in [0, 0.05) is 24.2 Å². The average Bonchev–Trinajstić information content (AvgIpc) is 2.92. The zero-order valence-electron chi connectivity index (χ0n) is 14.8. The van der Waals surface area contributed by atoms with E-state index < -0.39 is 0 Å². The second kappa shape index (κ2) is 7.84. The van der Waals surface area contributed by atoms with Gasteiger partial charge in [-0.3, -0.25) is 0 Å². The maximum Gasteiger partial charge on any atom is 0.175 e. The van der Waals surface area contributed by atoms with Crippen LogP contribution in [0.1, 0.15) is 25.1 Å². The number of aryl methyl sites for hydroxylation is 1. The van der Waals surface area contributed by atoms with E-state index in [2.05, 4.69) is 25.4 Å². The van der Waals surface area contributed by atoms with Crippen LogP contribution in [0.25, 0.3) is 11.4 Å². The minimum absolute atomic E-state index is 0.337. The molecule has 5 nitrogen and oxygen atoms in total. The molecule has 0 saturated heterocycles. The van der Waals surface area contributed by atoms with Gasteiger partial charge in [0.15, 0.2) is 10.9 Å². The molecule has 0 atom stereocenters. The molecular weight excluding hydrogens is 361 g/mol. The Balaban J connectivity index is 1.46. The number of para-hydroxylation sites is 1. The first-order valence-corrected chi connectivity index (χ1v) is 9.46. The summed E-state index contributed by atoms with van der Waals surface area (Å²) in [4.78, 5) is 0. The predicted molar refractivity (Wildman–Crippen MR) is 109 cm³/mol. The van der Waals surface area contributed by atoms with Crippen molar-refractivity contribution in [1.29, 1.82) is 0 Å². The van der Waals surface area contributed by atoms with E-state index >= 15 is 0 Å². The molecule has 0 amide bonds. The van der Waals surface area contributed by atoms with Gasteiger partial charge in [0.05, 0.1) is 5.69 Å². The van der Waals surface area contributed by atoms with Crippen LogP contribution in [-0.4, -0.2) is 19.9 Å². The predicted octanol–water partition coefficient (Wildman–Crippen LogP) is 4.62. The smallest absolute Gasteiger partial charge is 0.175 e. The summed E-state index contributed by atoms with van der Waals surface area (Å²) in [6.45, 7) is 0.967. The quantitative estimate of drug-likeness (QED) is 0.649. The maximum atomic E-state index is 13.7. The number of thiocarbonyl (C=S) groups is 1. The van der Waals surface area contributed by atoms with Gasteiger partial charge >= 0.3 is 0 Å². The van der Waals surface area contributed by atoms with E-state index in [1.807, 2.05) is 24.3 Å². The number of nitrogens with zero attached hydrogens (tertiary/aromatic N) is 3. The molecule has 27 heavy (non-hydrogen) atoms. The van der Waals surface area contributed by atoms with Crippen LogP contribution in [0.2, 0.25) is 0 Å². The lowest BCUT2D eigenvalue weighted by molar-refractivity contribution is 0.632. The van der Waals surface area contributed by atoms with Crippen molar-refractivity contribution in [1.82, 2.24) is 14.8 Å². The molecule has 4 rings (SSSR count). The summed E-state index contributed by atoms with van der Waals surface area (Å²) < 4.78 is 15.9. The van der Waals surface area contributed by atoms with Crippen LogP contribution >= 0.6 is 12.2 Å². The van der Waals surface area contributed by atoms with Gasteiger partial charge in [-0.2, -0.15) is 0 Å². The minimum Gasteiger partial charge on any atom is -0.332 e. The second-order valence-electron chi connectivity index (χ2n) is 6.54. The molecule has 2 heterocycles. The highest BCUT2D eigenvalue weighted by molar-refractivity contribution is 7.80. The SMILES string of the molecule is Fc1ccccc1NC(=S)Nc1ccc(-c2nnc3n2CCCCC3)cc1. The van der Waals surface area contributed by atoms with E-state index in [1.165, 1.54) is 18.9 Å². The third-order valence-electron chi connectivity index (χ3n) is 4.63. The lowest BCUT2D eigenvalue weighted by Crippen LogP contribution is -2.19. The largest absolute Gasteiger partial charge is 0.332 e. The van der Waals surface area contributed by atoms with Gasteiger partial charge in [0.2, 0.25) is 0 Å². The Bertz CT molecular complexity index is 951. The highest BCUT2D eigenvalue weighted by Gasteiger charge is 2.15. The second-order valence-corrected chi connectivity index (χ2v) is 6.95. The van der Waals surface area contributed by atoms with Gasteiger partial charge in [-0.25, -0.2) is 4.39 Å². The van der Waals surface area contributed by atoms with Crippen molar-refractivity contribution in [3.63, 3.8) is 0 Å².